The number of hydrogen-bond donors (Lipinski definition) is 0. The van der Waals surface area contributed by atoms with E-state index in [0.29, 0.717) is 11.8 Å². The van der Waals surface area contributed by atoms with Crippen LogP contribution in [-0.2, 0) is 29.8 Å². The Balaban J connectivity index is -0.000000450. The van der Waals surface area contributed by atoms with Crippen molar-refractivity contribution in [2.45, 2.75) is 262 Å². The molecule has 0 saturated heterocycles. The van der Waals surface area contributed by atoms with Crippen LogP contribution < -0.4 is 18.9 Å². The van der Waals surface area contributed by atoms with Gasteiger partial charge in [0.2, 0.25) is 0 Å². The molecule has 2 unspecified atom stereocenters. The fourth-order valence-electron chi connectivity index (χ4n) is 7.34. The summed E-state index contributed by atoms with van der Waals surface area (Å²) in [6.45, 7) is 48.4. The van der Waals surface area contributed by atoms with Gasteiger partial charge in [0.15, 0.2) is 0 Å². The number of hydrogen-bond acceptors (Lipinski definition) is 8. The molecule has 4 aromatic carbocycles. The largest absolute Gasteiger partial charge is 0.488 e. The monoisotopic (exact) mass is 1120 g/mol. The van der Waals surface area contributed by atoms with Crippen molar-refractivity contribution in [2.75, 3.05) is 56.9 Å². The van der Waals surface area contributed by atoms with Gasteiger partial charge in [-0.1, -0.05) is 158 Å². The minimum atomic E-state index is -0.0883. The first kappa shape index (κ1) is 82.4. The number of rotatable bonds is 22. The van der Waals surface area contributed by atoms with E-state index in [9.17, 15) is 0 Å². The molecular formula is C72H128O8. The highest BCUT2D eigenvalue weighted by Gasteiger charge is 2.24. The Morgan fingerprint density at radius 1 is 0.325 bits per heavy atom. The van der Waals surface area contributed by atoms with Crippen molar-refractivity contribution in [3.05, 3.63) is 119 Å². The topological polar surface area (TPSA) is 73.8 Å². The van der Waals surface area contributed by atoms with Gasteiger partial charge in [0.1, 0.15) is 45.4 Å². The summed E-state index contributed by atoms with van der Waals surface area (Å²) in [7, 11) is 13.0. The third kappa shape index (κ3) is 39.4. The van der Waals surface area contributed by atoms with Crippen LogP contribution in [0.2, 0.25) is 0 Å². The maximum absolute atomic E-state index is 6.12. The van der Waals surface area contributed by atoms with E-state index < -0.39 is 0 Å². The first-order valence-electron chi connectivity index (χ1n) is 30.0. The van der Waals surface area contributed by atoms with Gasteiger partial charge in [0.05, 0.1) is 0 Å². The maximum atomic E-state index is 6.12. The number of benzene rings is 4. The Bertz CT molecular complexity index is 2060. The molecule has 0 radical (unpaired) electrons. The number of methoxy groups -OCH3 is 4. The highest BCUT2D eigenvalue weighted by Crippen LogP contribution is 2.33. The van der Waals surface area contributed by atoms with E-state index in [0.717, 1.165) is 74.4 Å². The van der Waals surface area contributed by atoms with Crippen molar-refractivity contribution >= 4 is 0 Å². The fraction of sp³-hybridized carbons (Fsp3) is 0.667. The highest BCUT2D eigenvalue weighted by molar-refractivity contribution is 5.35. The predicted molar refractivity (Wildman–Crippen MR) is 351 cm³/mol. The zero-order chi connectivity index (χ0) is 62.8. The molecule has 0 aliphatic rings. The SMILES string of the molecule is CCC(C)(C)Oc1cccc(C(C)(C)CC)c1.CCC(C)c1cccc(OC(C)(C)CC)c1.CCCC(C)(C)Oc1cccc(C(C)(C)CC)c1.CCCC(C)(C)Oc1cccc(C(C)CC)c1.COC.COC.COC.COC. The van der Waals surface area contributed by atoms with Crippen LogP contribution >= 0.6 is 0 Å². The third-order valence-electron chi connectivity index (χ3n) is 14.1. The van der Waals surface area contributed by atoms with Gasteiger partial charge in [0.25, 0.3) is 0 Å². The van der Waals surface area contributed by atoms with Crippen molar-refractivity contribution in [1.29, 1.82) is 0 Å². The molecule has 0 aromatic heterocycles. The molecule has 0 heterocycles. The van der Waals surface area contributed by atoms with Gasteiger partial charge in [0, 0.05) is 56.9 Å². The zero-order valence-corrected chi connectivity index (χ0v) is 57.7. The van der Waals surface area contributed by atoms with E-state index in [-0.39, 0.29) is 33.2 Å². The summed E-state index contributed by atoms with van der Waals surface area (Å²) in [6.07, 6.45) is 11.1. The quantitative estimate of drug-likeness (QED) is 0.0771. The zero-order valence-electron chi connectivity index (χ0n) is 57.7. The van der Waals surface area contributed by atoms with Gasteiger partial charge < -0.3 is 37.9 Å². The van der Waals surface area contributed by atoms with E-state index in [1.807, 2.05) is 12.1 Å². The normalized spacial score (nSPS) is 12.0. The summed E-state index contributed by atoms with van der Waals surface area (Å²) < 4.78 is 41.2. The molecule has 8 heteroatoms. The van der Waals surface area contributed by atoms with Crippen LogP contribution in [0, 0.1) is 0 Å². The van der Waals surface area contributed by atoms with Crippen LogP contribution in [0.4, 0.5) is 0 Å². The molecule has 0 bridgehead atoms. The summed E-state index contributed by atoms with van der Waals surface area (Å²) in [4.78, 5) is 0. The molecule has 4 rings (SSSR count). The lowest BCUT2D eigenvalue weighted by atomic mass is 9.82. The van der Waals surface area contributed by atoms with E-state index in [1.165, 1.54) is 35.1 Å². The Labute approximate surface area is 496 Å². The smallest absolute Gasteiger partial charge is 0.120 e. The molecule has 8 nitrogen and oxygen atoms in total. The Morgan fingerprint density at radius 3 is 0.787 bits per heavy atom. The highest BCUT2D eigenvalue weighted by atomic mass is 16.5. The van der Waals surface area contributed by atoms with Crippen molar-refractivity contribution < 1.29 is 37.9 Å². The first-order valence-corrected chi connectivity index (χ1v) is 30.0. The fourth-order valence-corrected chi connectivity index (χ4v) is 7.34. The molecule has 2 atom stereocenters. The third-order valence-corrected chi connectivity index (χ3v) is 14.1. The molecule has 0 saturated carbocycles. The van der Waals surface area contributed by atoms with Gasteiger partial charge in [-0.05, 0) is 200 Å². The van der Waals surface area contributed by atoms with Crippen LogP contribution in [0.15, 0.2) is 97.1 Å². The Hall–Kier alpha value is -4.08. The second-order valence-electron chi connectivity index (χ2n) is 24.6. The summed E-state index contributed by atoms with van der Waals surface area (Å²) in [5.41, 5.74) is 5.57. The van der Waals surface area contributed by atoms with Gasteiger partial charge in [-0.3, -0.25) is 0 Å². The van der Waals surface area contributed by atoms with Gasteiger partial charge >= 0.3 is 0 Å². The van der Waals surface area contributed by atoms with Crippen LogP contribution in [0.3, 0.4) is 0 Å². The van der Waals surface area contributed by atoms with Crippen molar-refractivity contribution in [2.24, 2.45) is 0 Å². The Kier molecular flexibility index (Phi) is 45.8. The van der Waals surface area contributed by atoms with E-state index >= 15 is 0 Å². The molecular weight excluding hydrogens is 993 g/mol. The van der Waals surface area contributed by atoms with Gasteiger partial charge in [-0.15, -0.1) is 0 Å². The molecule has 0 aliphatic carbocycles. The van der Waals surface area contributed by atoms with Crippen LogP contribution in [0.5, 0.6) is 23.0 Å². The lowest BCUT2D eigenvalue weighted by molar-refractivity contribution is 0.0979. The van der Waals surface area contributed by atoms with Crippen molar-refractivity contribution in [3.8, 4) is 23.0 Å². The van der Waals surface area contributed by atoms with E-state index in [1.54, 1.807) is 56.9 Å². The molecule has 4 aromatic rings. The molecule has 0 N–H and O–H groups in total. The van der Waals surface area contributed by atoms with Gasteiger partial charge in [-0.2, -0.15) is 0 Å². The van der Waals surface area contributed by atoms with Crippen LogP contribution in [-0.4, -0.2) is 79.3 Å². The molecule has 0 spiro atoms. The molecule has 464 valence electrons. The van der Waals surface area contributed by atoms with Gasteiger partial charge in [-0.25, -0.2) is 0 Å². The van der Waals surface area contributed by atoms with Crippen molar-refractivity contribution in [3.63, 3.8) is 0 Å². The lowest BCUT2D eigenvalue weighted by Crippen LogP contribution is -2.28. The number of ether oxygens (including phenoxy) is 8. The predicted octanol–water partition coefficient (Wildman–Crippen LogP) is 21.2. The first-order chi connectivity index (χ1) is 37.2. The summed E-state index contributed by atoms with van der Waals surface area (Å²) >= 11 is 0. The minimum absolute atomic E-state index is 0.0666. The minimum Gasteiger partial charge on any atom is -0.488 e. The standard InChI is InChI=1S/C17H28O.2C16H26O.C15H24O.4C2H6O/c1-7-12-17(5,6)18-15-11-9-10-14(13-15)16(3,4)8-2;1-7-15(3,4)13-10-9-11-14(12-13)17-16(5,6)8-2;1-6-11-16(4,5)17-15-10-8-9-14(12-15)13(3)7-2;1-6-12(3)13-9-8-10-14(11-13)16-15(4,5)7-2;4*1-3-2/h9-11,13H,7-8,12H2,1-6H3;9-12H,7-8H2,1-6H3;8-10,12-13H,6-7,11H2,1-5H3;8-12H,6-7H2,1-5H3;4*1-2H3. The lowest BCUT2D eigenvalue weighted by Gasteiger charge is -2.28. The maximum Gasteiger partial charge on any atom is 0.120 e. The average Bonchev–Trinajstić information content (AvgIpc) is 3.39. The van der Waals surface area contributed by atoms with Crippen LogP contribution in [0.1, 0.15) is 251 Å². The summed E-state index contributed by atoms with van der Waals surface area (Å²) in [5, 5.41) is 0. The second-order valence-corrected chi connectivity index (χ2v) is 24.6. The second kappa shape index (κ2) is 44.5. The van der Waals surface area contributed by atoms with Crippen molar-refractivity contribution in [1.82, 2.24) is 0 Å². The van der Waals surface area contributed by atoms with Crippen LogP contribution in [0.25, 0.3) is 0 Å². The van der Waals surface area contributed by atoms with E-state index in [4.69, 9.17) is 18.9 Å². The van der Waals surface area contributed by atoms with E-state index in [2.05, 4.69) is 256 Å². The molecule has 0 fully saturated rings. The molecule has 80 heavy (non-hydrogen) atoms. The molecule has 0 aliphatic heterocycles. The molecule has 0 amide bonds. The summed E-state index contributed by atoms with van der Waals surface area (Å²) in [6, 6.07) is 34.1. The Morgan fingerprint density at radius 2 is 0.562 bits per heavy atom. The average molecular weight is 1120 g/mol. The summed E-state index contributed by atoms with van der Waals surface area (Å²) in [5.74, 6) is 5.18.